The number of pyridine rings is 1. The van der Waals surface area contributed by atoms with Crippen molar-refractivity contribution in [3.8, 4) is 0 Å². The van der Waals surface area contributed by atoms with Gasteiger partial charge in [0.25, 0.3) is 0 Å². The van der Waals surface area contributed by atoms with Crippen LogP contribution in [0.4, 0.5) is 11.5 Å². The highest BCUT2D eigenvalue weighted by Crippen LogP contribution is 2.24. The zero-order valence-corrected chi connectivity index (χ0v) is 9.53. The van der Waals surface area contributed by atoms with Gasteiger partial charge in [0.2, 0.25) is 5.91 Å². The van der Waals surface area contributed by atoms with E-state index in [9.17, 15) is 4.79 Å². The molecule has 16 heavy (non-hydrogen) atoms. The van der Waals surface area contributed by atoms with Crippen LogP contribution < -0.4 is 16.0 Å². The molecule has 0 radical (unpaired) electrons. The summed E-state index contributed by atoms with van der Waals surface area (Å²) in [4.78, 5) is 18.0. The van der Waals surface area contributed by atoms with Gasteiger partial charge in [-0.1, -0.05) is 0 Å². The van der Waals surface area contributed by atoms with Crippen LogP contribution >= 0.6 is 0 Å². The second-order valence-electron chi connectivity index (χ2n) is 4.42. The maximum absolute atomic E-state index is 11.8. The van der Waals surface area contributed by atoms with E-state index >= 15 is 0 Å². The number of nitrogens with two attached hydrogens (primary N) is 1. The molecule has 1 amide bonds. The normalized spacial score (nSPS) is 19.4. The van der Waals surface area contributed by atoms with Crippen molar-refractivity contribution >= 4 is 17.4 Å². The molecule has 1 fully saturated rings. The molecule has 2 heterocycles. The van der Waals surface area contributed by atoms with Crippen LogP contribution in [-0.4, -0.2) is 29.5 Å². The minimum atomic E-state index is -0.568. The number of carbonyl (C=O) groups excluding carboxylic acids is 1. The topological polar surface area (TPSA) is 71.2 Å². The van der Waals surface area contributed by atoms with Crippen molar-refractivity contribution in [3.05, 3.63) is 18.3 Å². The molecule has 5 heteroatoms. The van der Waals surface area contributed by atoms with Gasteiger partial charge in [-0.3, -0.25) is 4.79 Å². The maximum atomic E-state index is 11.8. The zero-order chi connectivity index (χ0) is 11.8. The fourth-order valence-electron chi connectivity index (χ4n) is 1.86. The van der Waals surface area contributed by atoms with Gasteiger partial charge >= 0.3 is 0 Å². The second-order valence-corrected chi connectivity index (χ2v) is 4.42. The first-order chi connectivity index (χ1) is 7.51. The van der Waals surface area contributed by atoms with Crippen LogP contribution in [0.15, 0.2) is 18.3 Å². The number of piperazine rings is 1. The molecule has 1 aliphatic rings. The minimum absolute atomic E-state index is 0.0253. The lowest BCUT2D eigenvalue weighted by molar-refractivity contribution is -0.126. The van der Waals surface area contributed by atoms with E-state index in [-0.39, 0.29) is 5.91 Å². The number of hydrogen-bond acceptors (Lipinski definition) is 4. The van der Waals surface area contributed by atoms with Crippen molar-refractivity contribution in [2.75, 3.05) is 23.7 Å². The Labute approximate surface area is 94.6 Å². The van der Waals surface area contributed by atoms with Crippen molar-refractivity contribution < 1.29 is 4.79 Å². The Balaban J connectivity index is 2.32. The Kier molecular flexibility index (Phi) is 2.46. The number of carbonyl (C=O) groups is 1. The van der Waals surface area contributed by atoms with Crippen molar-refractivity contribution in [2.24, 2.45) is 0 Å². The summed E-state index contributed by atoms with van der Waals surface area (Å²) in [6.07, 6.45) is 1.61. The molecule has 0 saturated carbocycles. The third kappa shape index (κ3) is 1.68. The smallest absolute Gasteiger partial charge is 0.245 e. The Morgan fingerprint density at radius 2 is 2.25 bits per heavy atom. The van der Waals surface area contributed by atoms with Gasteiger partial charge in [0, 0.05) is 13.1 Å². The number of aromatic nitrogens is 1. The summed E-state index contributed by atoms with van der Waals surface area (Å²) in [5, 5.41) is 2.85. The number of nitrogens with zero attached hydrogens (tertiary/aromatic N) is 2. The number of rotatable bonds is 1. The van der Waals surface area contributed by atoms with E-state index < -0.39 is 5.54 Å². The van der Waals surface area contributed by atoms with Crippen molar-refractivity contribution in [3.63, 3.8) is 0 Å². The van der Waals surface area contributed by atoms with Gasteiger partial charge in [-0.2, -0.15) is 0 Å². The van der Waals surface area contributed by atoms with Gasteiger partial charge in [0.15, 0.2) is 0 Å². The van der Waals surface area contributed by atoms with E-state index in [1.807, 2.05) is 24.8 Å². The molecular formula is C11H16N4O. The molecule has 86 valence electrons. The largest absolute Gasteiger partial charge is 0.397 e. The van der Waals surface area contributed by atoms with Crippen molar-refractivity contribution in [2.45, 2.75) is 19.4 Å². The van der Waals surface area contributed by atoms with Gasteiger partial charge < -0.3 is 16.0 Å². The first-order valence-corrected chi connectivity index (χ1v) is 5.29. The minimum Gasteiger partial charge on any atom is -0.397 e. The molecule has 0 bridgehead atoms. The molecule has 0 aromatic carbocycles. The molecule has 1 aromatic heterocycles. The highest BCUT2D eigenvalue weighted by Gasteiger charge is 2.38. The Morgan fingerprint density at radius 1 is 1.50 bits per heavy atom. The lowest BCUT2D eigenvalue weighted by Gasteiger charge is -2.41. The average molecular weight is 220 g/mol. The summed E-state index contributed by atoms with van der Waals surface area (Å²) in [6.45, 7) is 5.18. The molecule has 1 saturated heterocycles. The van der Waals surface area contributed by atoms with Crippen LogP contribution in [0, 0.1) is 0 Å². The molecule has 1 aliphatic heterocycles. The molecule has 0 unspecified atom stereocenters. The average Bonchev–Trinajstić information content (AvgIpc) is 2.24. The van der Waals surface area contributed by atoms with Gasteiger partial charge in [-0.25, -0.2) is 4.98 Å². The van der Waals surface area contributed by atoms with Crippen LogP contribution in [0.2, 0.25) is 0 Å². The SMILES string of the molecule is CC1(C)C(=O)NCCN1c1ccc(N)cn1. The maximum Gasteiger partial charge on any atom is 0.245 e. The molecule has 0 atom stereocenters. The Morgan fingerprint density at radius 3 is 2.88 bits per heavy atom. The molecule has 0 spiro atoms. The van der Waals surface area contributed by atoms with Crippen LogP contribution in [0.25, 0.3) is 0 Å². The number of hydrogen-bond donors (Lipinski definition) is 2. The Hall–Kier alpha value is -1.78. The van der Waals surface area contributed by atoms with E-state index in [0.717, 1.165) is 12.4 Å². The summed E-state index contributed by atoms with van der Waals surface area (Å²) >= 11 is 0. The zero-order valence-electron chi connectivity index (χ0n) is 9.53. The van der Waals surface area contributed by atoms with E-state index in [2.05, 4.69) is 10.3 Å². The first-order valence-electron chi connectivity index (χ1n) is 5.29. The molecule has 5 nitrogen and oxygen atoms in total. The van der Waals surface area contributed by atoms with E-state index in [1.54, 1.807) is 12.3 Å². The number of amides is 1. The number of nitrogens with one attached hydrogen (secondary N) is 1. The fourth-order valence-corrected chi connectivity index (χ4v) is 1.86. The lowest BCUT2D eigenvalue weighted by atomic mass is 9.99. The summed E-state index contributed by atoms with van der Waals surface area (Å²) in [5.41, 5.74) is 5.65. The van der Waals surface area contributed by atoms with Crippen LogP contribution in [0.5, 0.6) is 0 Å². The third-order valence-corrected chi connectivity index (χ3v) is 2.90. The molecule has 3 N–H and O–H groups in total. The van der Waals surface area contributed by atoms with Crippen LogP contribution in [0.1, 0.15) is 13.8 Å². The fraction of sp³-hybridized carbons (Fsp3) is 0.455. The summed E-state index contributed by atoms with van der Waals surface area (Å²) < 4.78 is 0. The van der Waals surface area contributed by atoms with E-state index in [1.165, 1.54) is 0 Å². The van der Waals surface area contributed by atoms with Gasteiger partial charge in [-0.15, -0.1) is 0 Å². The number of nitrogen functional groups attached to an aromatic ring is 1. The van der Waals surface area contributed by atoms with E-state index in [4.69, 9.17) is 5.73 Å². The molecule has 0 aliphatic carbocycles. The third-order valence-electron chi connectivity index (χ3n) is 2.90. The molecule has 2 rings (SSSR count). The standard InChI is InChI=1S/C11H16N4O/c1-11(2)10(16)13-5-6-15(11)9-4-3-8(12)7-14-9/h3-4,7H,5-6,12H2,1-2H3,(H,13,16). The van der Waals surface area contributed by atoms with Crippen LogP contribution in [-0.2, 0) is 4.79 Å². The van der Waals surface area contributed by atoms with Gasteiger partial charge in [0.05, 0.1) is 11.9 Å². The lowest BCUT2D eigenvalue weighted by Crippen LogP contribution is -2.62. The summed E-state index contributed by atoms with van der Waals surface area (Å²) in [7, 11) is 0. The Bertz CT molecular complexity index is 399. The highest BCUT2D eigenvalue weighted by molar-refractivity contribution is 5.90. The highest BCUT2D eigenvalue weighted by atomic mass is 16.2. The van der Waals surface area contributed by atoms with Gasteiger partial charge in [-0.05, 0) is 26.0 Å². The first kappa shape index (κ1) is 10.7. The molecular weight excluding hydrogens is 204 g/mol. The number of anilines is 2. The van der Waals surface area contributed by atoms with Crippen molar-refractivity contribution in [1.82, 2.24) is 10.3 Å². The second kappa shape index (κ2) is 3.66. The monoisotopic (exact) mass is 220 g/mol. The predicted octanol–water partition coefficient (Wildman–Crippen LogP) is 0.379. The van der Waals surface area contributed by atoms with Gasteiger partial charge in [0.1, 0.15) is 11.4 Å². The molecule has 1 aromatic rings. The quantitative estimate of drug-likeness (QED) is 0.717. The van der Waals surface area contributed by atoms with Crippen LogP contribution in [0.3, 0.4) is 0 Å². The van der Waals surface area contributed by atoms with E-state index in [0.29, 0.717) is 12.2 Å². The predicted molar refractivity (Wildman–Crippen MR) is 63.1 cm³/mol. The van der Waals surface area contributed by atoms with Crippen molar-refractivity contribution in [1.29, 1.82) is 0 Å². The summed E-state index contributed by atoms with van der Waals surface area (Å²) in [5.74, 6) is 0.812. The summed E-state index contributed by atoms with van der Waals surface area (Å²) in [6, 6.07) is 3.64.